The summed E-state index contributed by atoms with van der Waals surface area (Å²) in [6.45, 7) is 5.89. The summed E-state index contributed by atoms with van der Waals surface area (Å²) in [5, 5.41) is 9.52. The Morgan fingerprint density at radius 2 is 2.26 bits per heavy atom. The van der Waals surface area contributed by atoms with Crippen molar-refractivity contribution in [3.8, 4) is 0 Å². The molecule has 1 unspecified atom stereocenters. The van der Waals surface area contributed by atoms with Crippen molar-refractivity contribution in [2.24, 2.45) is 0 Å². The van der Waals surface area contributed by atoms with Crippen LogP contribution in [0.5, 0.6) is 0 Å². The first kappa shape index (κ1) is 13.3. The summed E-state index contributed by atoms with van der Waals surface area (Å²) in [4.78, 5) is 16.1. The number of amides is 1. The van der Waals surface area contributed by atoms with E-state index < -0.39 is 0 Å². The van der Waals surface area contributed by atoms with Crippen molar-refractivity contribution in [3.05, 3.63) is 35.8 Å². The minimum atomic E-state index is -0.276. The molecule has 2 rings (SSSR count). The number of H-pyrrole nitrogens is 1. The molecule has 19 heavy (non-hydrogen) atoms. The van der Waals surface area contributed by atoms with Crippen molar-refractivity contribution >= 4 is 5.91 Å². The Kier molecular flexibility index (Phi) is 3.99. The molecule has 0 spiro atoms. The van der Waals surface area contributed by atoms with E-state index in [1.54, 1.807) is 6.26 Å². The van der Waals surface area contributed by atoms with Gasteiger partial charge in [-0.1, -0.05) is 13.8 Å². The van der Waals surface area contributed by atoms with E-state index in [4.69, 9.17) is 4.42 Å². The average Bonchev–Trinajstić information content (AvgIpc) is 2.98. The molecule has 0 aliphatic carbocycles. The van der Waals surface area contributed by atoms with E-state index in [-0.39, 0.29) is 23.7 Å². The van der Waals surface area contributed by atoms with Crippen LogP contribution in [-0.2, 0) is 6.42 Å². The van der Waals surface area contributed by atoms with Crippen LogP contribution in [-0.4, -0.2) is 27.1 Å². The summed E-state index contributed by atoms with van der Waals surface area (Å²) in [7, 11) is 0. The Hall–Kier alpha value is -2.11. The predicted octanol–water partition coefficient (Wildman–Crippen LogP) is 1.88. The topological polar surface area (TPSA) is 83.8 Å². The van der Waals surface area contributed by atoms with Gasteiger partial charge in [-0.3, -0.25) is 9.89 Å². The molecule has 0 saturated carbocycles. The molecular weight excluding hydrogens is 244 g/mol. The number of rotatable bonds is 5. The van der Waals surface area contributed by atoms with Crippen molar-refractivity contribution in [2.75, 3.05) is 0 Å². The summed E-state index contributed by atoms with van der Waals surface area (Å²) in [5.74, 6) is 1.67. The molecule has 0 aliphatic rings. The summed E-state index contributed by atoms with van der Waals surface area (Å²) < 4.78 is 5.24. The molecule has 2 N–H and O–H groups in total. The number of nitrogens with zero attached hydrogens (tertiary/aromatic N) is 2. The number of aromatic nitrogens is 3. The molecule has 1 atom stereocenters. The van der Waals surface area contributed by atoms with Crippen LogP contribution >= 0.6 is 0 Å². The highest BCUT2D eigenvalue weighted by Crippen LogP contribution is 2.08. The van der Waals surface area contributed by atoms with Crippen molar-refractivity contribution in [1.29, 1.82) is 0 Å². The Morgan fingerprint density at radius 1 is 1.47 bits per heavy atom. The van der Waals surface area contributed by atoms with Crippen LogP contribution in [0.25, 0.3) is 0 Å². The van der Waals surface area contributed by atoms with E-state index >= 15 is 0 Å². The zero-order chi connectivity index (χ0) is 13.8. The Bertz CT molecular complexity index is 531. The first-order chi connectivity index (χ1) is 9.06. The van der Waals surface area contributed by atoms with Crippen LogP contribution in [0.15, 0.2) is 22.8 Å². The largest absolute Gasteiger partial charge is 0.469 e. The van der Waals surface area contributed by atoms with E-state index in [0.29, 0.717) is 12.2 Å². The van der Waals surface area contributed by atoms with Gasteiger partial charge in [-0.15, -0.1) is 5.10 Å². The normalized spacial score (nSPS) is 12.6. The average molecular weight is 262 g/mol. The number of hydrogen-bond donors (Lipinski definition) is 2. The maximum absolute atomic E-state index is 11.9. The molecule has 1 amide bonds. The third kappa shape index (κ3) is 3.43. The quantitative estimate of drug-likeness (QED) is 0.861. The van der Waals surface area contributed by atoms with Gasteiger partial charge in [0, 0.05) is 18.4 Å². The van der Waals surface area contributed by atoms with Crippen LogP contribution in [0.3, 0.4) is 0 Å². The van der Waals surface area contributed by atoms with Crippen LogP contribution in [0.2, 0.25) is 0 Å². The molecule has 0 aromatic carbocycles. The van der Waals surface area contributed by atoms with Gasteiger partial charge in [-0.2, -0.15) is 0 Å². The lowest BCUT2D eigenvalue weighted by Crippen LogP contribution is -2.34. The third-order valence-electron chi connectivity index (χ3n) is 2.72. The lowest BCUT2D eigenvalue weighted by molar-refractivity contribution is 0.0929. The molecule has 6 heteroatoms. The highest BCUT2D eigenvalue weighted by atomic mass is 16.3. The molecule has 0 radical (unpaired) electrons. The number of furan rings is 1. The van der Waals surface area contributed by atoms with E-state index in [1.165, 1.54) is 0 Å². The fourth-order valence-electron chi connectivity index (χ4n) is 1.70. The first-order valence-corrected chi connectivity index (χ1v) is 6.31. The number of hydrogen-bond acceptors (Lipinski definition) is 4. The van der Waals surface area contributed by atoms with Gasteiger partial charge in [-0.25, -0.2) is 4.98 Å². The Labute approximate surface area is 111 Å². The zero-order valence-electron chi connectivity index (χ0n) is 11.3. The summed E-state index contributed by atoms with van der Waals surface area (Å²) in [6.07, 6.45) is 2.26. The third-order valence-corrected chi connectivity index (χ3v) is 2.72. The second-order valence-electron chi connectivity index (χ2n) is 4.86. The van der Waals surface area contributed by atoms with Gasteiger partial charge in [0.25, 0.3) is 5.91 Å². The van der Waals surface area contributed by atoms with Gasteiger partial charge in [0.1, 0.15) is 11.6 Å². The highest BCUT2D eigenvalue weighted by Gasteiger charge is 2.16. The lowest BCUT2D eigenvalue weighted by Gasteiger charge is -2.10. The highest BCUT2D eigenvalue weighted by molar-refractivity contribution is 5.90. The number of carbonyl (C=O) groups excluding carboxylic acids is 1. The minimum Gasteiger partial charge on any atom is -0.469 e. The second kappa shape index (κ2) is 5.69. The van der Waals surface area contributed by atoms with Crippen molar-refractivity contribution in [2.45, 2.75) is 39.2 Å². The van der Waals surface area contributed by atoms with Crippen LogP contribution in [0.4, 0.5) is 0 Å². The molecule has 0 fully saturated rings. The van der Waals surface area contributed by atoms with Crippen LogP contribution in [0.1, 0.15) is 48.9 Å². The SMILES string of the molecule is CC(Cc1ccco1)NC(=O)c1n[nH]c(C(C)C)n1. The smallest absolute Gasteiger partial charge is 0.291 e. The standard InChI is InChI=1S/C13H18N4O2/c1-8(2)11-15-12(17-16-11)13(18)14-9(3)7-10-5-4-6-19-10/h4-6,8-9H,7H2,1-3H3,(H,14,18)(H,15,16,17). The van der Waals surface area contributed by atoms with Crippen molar-refractivity contribution in [1.82, 2.24) is 20.5 Å². The predicted molar refractivity (Wildman–Crippen MR) is 69.8 cm³/mol. The molecule has 2 aromatic heterocycles. The van der Waals surface area contributed by atoms with E-state index in [9.17, 15) is 4.79 Å². The molecule has 2 aromatic rings. The minimum absolute atomic E-state index is 0.0420. The zero-order valence-corrected chi connectivity index (χ0v) is 11.3. The van der Waals surface area contributed by atoms with Crippen molar-refractivity contribution in [3.63, 3.8) is 0 Å². The maximum Gasteiger partial charge on any atom is 0.291 e. The summed E-state index contributed by atoms with van der Waals surface area (Å²) >= 11 is 0. The van der Waals surface area contributed by atoms with Gasteiger partial charge in [-0.05, 0) is 19.1 Å². The van der Waals surface area contributed by atoms with Crippen molar-refractivity contribution < 1.29 is 9.21 Å². The fraction of sp³-hybridized carbons (Fsp3) is 0.462. The van der Waals surface area contributed by atoms with Gasteiger partial charge >= 0.3 is 0 Å². The number of nitrogens with one attached hydrogen (secondary N) is 2. The Balaban J connectivity index is 1.92. The van der Waals surface area contributed by atoms with E-state index in [1.807, 2.05) is 32.9 Å². The molecule has 0 aliphatic heterocycles. The van der Waals surface area contributed by atoms with Gasteiger partial charge < -0.3 is 9.73 Å². The number of aromatic amines is 1. The molecule has 0 saturated heterocycles. The summed E-state index contributed by atoms with van der Waals surface area (Å²) in [5.41, 5.74) is 0. The molecule has 2 heterocycles. The molecule has 102 valence electrons. The van der Waals surface area contributed by atoms with Crippen LogP contribution < -0.4 is 5.32 Å². The monoisotopic (exact) mass is 262 g/mol. The molecule has 6 nitrogen and oxygen atoms in total. The lowest BCUT2D eigenvalue weighted by atomic mass is 10.2. The van der Waals surface area contributed by atoms with Crippen LogP contribution in [0, 0.1) is 0 Å². The van der Waals surface area contributed by atoms with Gasteiger partial charge in [0.2, 0.25) is 5.82 Å². The molecular formula is C13H18N4O2. The summed E-state index contributed by atoms with van der Waals surface area (Å²) in [6, 6.07) is 3.67. The molecule has 0 bridgehead atoms. The second-order valence-corrected chi connectivity index (χ2v) is 4.86. The fourth-order valence-corrected chi connectivity index (χ4v) is 1.70. The van der Waals surface area contributed by atoms with E-state index in [0.717, 1.165) is 5.76 Å². The van der Waals surface area contributed by atoms with Gasteiger partial charge in [0.05, 0.1) is 6.26 Å². The maximum atomic E-state index is 11.9. The first-order valence-electron chi connectivity index (χ1n) is 6.31. The van der Waals surface area contributed by atoms with E-state index in [2.05, 4.69) is 20.5 Å². The Morgan fingerprint density at radius 3 is 2.84 bits per heavy atom. The number of carbonyl (C=O) groups is 1. The van der Waals surface area contributed by atoms with Gasteiger partial charge in [0.15, 0.2) is 0 Å².